The first-order chi connectivity index (χ1) is 9.16. The van der Waals surface area contributed by atoms with Crippen LogP contribution in [-0.2, 0) is 7.05 Å². The quantitative estimate of drug-likeness (QED) is 0.761. The minimum Gasteiger partial charge on any atom is -0.383 e. The lowest BCUT2D eigenvalue weighted by atomic mass is 10.1. The third kappa shape index (κ3) is 1.89. The van der Waals surface area contributed by atoms with Gasteiger partial charge in [0.05, 0.1) is 18.1 Å². The van der Waals surface area contributed by atoms with Gasteiger partial charge in [-0.25, -0.2) is 4.68 Å². The van der Waals surface area contributed by atoms with Crippen LogP contribution < -0.4 is 5.73 Å². The molecule has 3 rings (SSSR count). The normalized spacial score (nSPS) is 10.8. The number of anilines is 1. The van der Waals surface area contributed by atoms with Crippen LogP contribution in [0.25, 0.3) is 16.8 Å². The molecule has 0 radical (unpaired) electrons. The standard InChI is InChI=1S/C14H15N5/c1-10-7-17-19(9-10)13-6-4-3-5-11(13)12-8-16-18(2)14(12)15/h3-9H,15H2,1-2H3. The number of aromatic nitrogens is 4. The molecular weight excluding hydrogens is 238 g/mol. The zero-order valence-corrected chi connectivity index (χ0v) is 10.9. The first kappa shape index (κ1) is 11.5. The van der Waals surface area contributed by atoms with Crippen LogP contribution in [-0.4, -0.2) is 19.6 Å². The second-order valence-corrected chi connectivity index (χ2v) is 4.55. The molecule has 5 nitrogen and oxygen atoms in total. The van der Waals surface area contributed by atoms with E-state index in [9.17, 15) is 0 Å². The van der Waals surface area contributed by atoms with Crippen LogP contribution in [0.15, 0.2) is 42.9 Å². The van der Waals surface area contributed by atoms with Crippen molar-refractivity contribution in [2.24, 2.45) is 7.05 Å². The molecule has 19 heavy (non-hydrogen) atoms. The molecule has 0 unspecified atom stereocenters. The highest BCUT2D eigenvalue weighted by molar-refractivity contribution is 5.79. The van der Waals surface area contributed by atoms with Gasteiger partial charge in [-0.05, 0) is 18.6 Å². The van der Waals surface area contributed by atoms with E-state index < -0.39 is 0 Å². The molecule has 0 spiro atoms. The first-order valence-electron chi connectivity index (χ1n) is 6.05. The average molecular weight is 253 g/mol. The molecule has 1 aromatic carbocycles. The predicted octanol–water partition coefficient (Wildman–Crippen LogP) is 2.16. The van der Waals surface area contributed by atoms with Crippen LogP contribution in [0.2, 0.25) is 0 Å². The lowest BCUT2D eigenvalue weighted by Gasteiger charge is -2.08. The Balaban J connectivity index is 2.20. The maximum absolute atomic E-state index is 6.06. The minimum absolute atomic E-state index is 0.649. The van der Waals surface area contributed by atoms with Gasteiger partial charge in [0.15, 0.2) is 0 Å². The van der Waals surface area contributed by atoms with Gasteiger partial charge in [-0.3, -0.25) is 4.68 Å². The lowest BCUT2D eigenvalue weighted by Crippen LogP contribution is -2.00. The summed E-state index contributed by atoms with van der Waals surface area (Å²) in [6.07, 6.45) is 5.61. The largest absolute Gasteiger partial charge is 0.383 e. The van der Waals surface area contributed by atoms with Crippen molar-refractivity contribution in [2.45, 2.75) is 6.92 Å². The number of nitrogens with two attached hydrogens (primary N) is 1. The molecule has 3 aromatic rings. The number of benzene rings is 1. The number of aryl methyl sites for hydroxylation is 2. The molecule has 0 saturated carbocycles. The third-order valence-corrected chi connectivity index (χ3v) is 3.14. The molecule has 2 heterocycles. The zero-order valence-electron chi connectivity index (χ0n) is 10.9. The van der Waals surface area contributed by atoms with Crippen molar-refractivity contribution in [3.05, 3.63) is 48.4 Å². The van der Waals surface area contributed by atoms with Crippen molar-refractivity contribution in [3.63, 3.8) is 0 Å². The van der Waals surface area contributed by atoms with Gasteiger partial charge < -0.3 is 5.73 Å². The molecule has 96 valence electrons. The van der Waals surface area contributed by atoms with Gasteiger partial charge in [0.2, 0.25) is 0 Å². The van der Waals surface area contributed by atoms with Crippen LogP contribution in [0, 0.1) is 6.92 Å². The fourth-order valence-electron chi connectivity index (χ4n) is 2.10. The number of para-hydroxylation sites is 1. The van der Waals surface area contributed by atoms with E-state index in [4.69, 9.17) is 5.73 Å². The molecular formula is C14H15N5. The molecule has 0 bridgehead atoms. The highest BCUT2D eigenvalue weighted by Gasteiger charge is 2.12. The van der Waals surface area contributed by atoms with E-state index in [-0.39, 0.29) is 0 Å². The Labute approximate surface area is 111 Å². The van der Waals surface area contributed by atoms with Crippen LogP contribution in [0.3, 0.4) is 0 Å². The molecule has 0 aliphatic heterocycles. The van der Waals surface area contributed by atoms with Crippen molar-refractivity contribution in [1.29, 1.82) is 0 Å². The van der Waals surface area contributed by atoms with Gasteiger partial charge >= 0.3 is 0 Å². The molecule has 0 fully saturated rings. The average Bonchev–Trinajstić information content (AvgIpc) is 2.98. The maximum atomic E-state index is 6.06. The van der Waals surface area contributed by atoms with Gasteiger partial charge in [0, 0.05) is 24.4 Å². The van der Waals surface area contributed by atoms with Crippen LogP contribution >= 0.6 is 0 Å². The van der Waals surface area contributed by atoms with Crippen LogP contribution in [0.5, 0.6) is 0 Å². The fourth-order valence-corrected chi connectivity index (χ4v) is 2.10. The molecule has 0 amide bonds. The van der Waals surface area contributed by atoms with Gasteiger partial charge in [-0.1, -0.05) is 18.2 Å². The summed E-state index contributed by atoms with van der Waals surface area (Å²) in [7, 11) is 1.83. The third-order valence-electron chi connectivity index (χ3n) is 3.14. The number of hydrogen-bond acceptors (Lipinski definition) is 3. The SMILES string of the molecule is Cc1cnn(-c2ccccc2-c2cnn(C)c2N)c1. The Hall–Kier alpha value is -2.56. The van der Waals surface area contributed by atoms with E-state index >= 15 is 0 Å². The van der Waals surface area contributed by atoms with Crippen LogP contribution in [0.4, 0.5) is 5.82 Å². The van der Waals surface area contributed by atoms with Gasteiger partial charge in [-0.2, -0.15) is 10.2 Å². The van der Waals surface area contributed by atoms with E-state index in [1.165, 1.54) is 0 Å². The first-order valence-corrected chi connectivity index (χ1v) is 6.05. The van der Waals surface area contributed by atoms with E-state index in [2.05, 4.69) is 10.2 Å². The summed E-state index contributed by atoms with van der Waals surface area (Å²) < 4.78 is 3.53. The highest BCUT2D eigenvalue weighted by Crippen LogP contribution is 2.30. The van der Waals surface area contributed by atoms with Gasteiger partial charge in [-0.15, -0.1) is 0 Å². The van der Waals surface area contributed by atoms with E-state index in [1.807, 2.05) is 55.3 Å². The Bertz CT molecular complexity index is 723. The summed E-state index contributed by atoms with van der Waals surface area (Å²) in [6, 6.07) is 8.03. The Kier molecular flexibility index (Phi) is 2.59. The monoisotopic (exact) mass is 253 g/mol. The summed E-state index contributed by atoms with van der Waals surface area (Å²) in [4.78, 5) is 0. The number of hydrogen-bond donors (Lipinski definition) is 1. The van der Waals surface area contributed by atoms with Crippen LogP contribution in [0.1, 0.15) is 5.56 Å². The summed E-state index contributed by atoms with van der Waals surface area (Å²) in [5.41, 5.74) is 10.1. The summed E-state index contributed by atoms with van der Waals surface area (Å²) >= 11 is 0. The van der Waals surface area contributed by atoms with Crippen molar-refractivity contribution in [1.82, 2.24) is 19.6 Å². The zero-order chi connectivity index (χ0) is 13.4. The van der Waals surface area contributed by atoms with E-state index in [0.29, 0.717) is 5.82 Å². The number of nitrogens with zero attached hydrogens (tertiary/aromatic N) is 4. The topological polar surface area (TPSA) is 61.7 Å². The second kappa shape index (κ2) is 4.28. The minimum atomic E-state index is 0.649. The fraction of sp³-hybridized carbons (Fsp3) is 0.143. The van der Waals surface area contributed by atoms with Crippen molar-refractivity contribution >= 4 is 5.82 Å². The molecule has 0 saturated heterocycles. The molecule has 2 N–H and O–H groups in total. The maximum Gasteiger partial charge on any atom is 0.129 e. The van der Waals surface area contributed by atoms with Gasteiger partial charge in [0.25, 0.3) is 0 Å². The lowest BCUT2D eigenvalue weighted by molar-refractivity contribution is 0.779. The highest BCUT2D eigenvalue weighted by atomic mass is 15.3. The van der Waals surface area contributed by atoms with E-state index in [0.717, 1.165) is 22.4 Å². The smallest absolute Gasteiger partial charge is 0.129 e. The van der Waals surface area contributed by atoms with Crippen molar-refractivity contribution < 1.29 is 0 Å². The molecule has 2 aromatic heterocycles. The Morgan fingerprint density at radius 3 is 2.47 bits per heavy atom. The summed E-state index contributed by atoms with van der Waals surface area (Å²) in [5, 5.41) is 8.55. The molecule has 0 atom stereocenters. The Morgan fingerprint density at radius 2 is 1.84 bits per heavy atom. The van der Waals surface area contributed by atoms with Crippen molar-refractivity contribution in [3.8, 4) is 16.8 Å². The molecule has 5 heteroatoms. The molecule has 0 aliphatic rings. The van der Waals surface area contributed by atoms with Gasteiger partial charge in [0.1, 0.15) is 5.82 Å². The molecule has 0 aliphatic carbocycles. The number of rotatable bonds is 2. The number of nitrogen functional groups attached to an aromatic ring is 1. The predicted molar refractivity (Wildman–Crippen MR) is 74.9 cm³/mol. The van der Waals surface area contributed by atoms with Crippen molar-refractivity contribution in [2.75, 3.05) is 5.73 Å². The summed E-state index contributed by atoms with van der Waals surface area (Å²) in [5.74, 6) is 0.649. The van der Waals surface area contributed by atoms with E-state index in [1.54, 1.807) is 10.9 Å². The second-order valence-electron chi connectivity index (χ2n) is 4.55. The Morgan fingerprint density at radius 1 is 1.05 bits per heavy atom. The summed E-state index contributed by atoms with van der Waals surface area (Å²) in [6.45, 7) is 2.02.